The molecular formula is C11H17NO4. The number of hydrogen-bond acceptors (Lipinski definition) is 3. The fourth-order valence-corrected chi connectivity index (χ4v) is 2.34. The van der Waals surface area contributed by atoms with Gasteiger partial charge in [-0.3, -0.25) is 10.1 Å². The van der Waals surface area contributed by atoms with Crippen LogP contribution in [0.4, 0.5) is 0 Å². The summed E-state index contributed by atoms with van der Waals surface area (Å²) < 4.78 is 0. The maximum Gasteiger partial charge on any atom is 0.331 e. The molecule has 0 heterocycles. The minimum Gasteiger partial charge on any atom is -0.478 e. The van der Waals surface area contributed by atoms with Crippen LogP contribution in [-0.4, -0.2) is 21.5 Å². The van der Waals surface area contributed by atoms with Crippen LogP contribution in [0, 0.1) is 10.1 Å². The topological polar surface area (TPSA) is 80.4 Å². The summed E-state index contributed by atoms with van der Waals surface area (Å²) in [4.78, 5) is 21.8. The Morgan fingerprint density at radius 1 is 1.25 bits per heavy atom. The number of hydrogen-bond donors (Lipinski definition) is 1. The monoisotopic (exact) mass is 227 g/mol. The standard InChI is InChI=1S/C11H17NO4/c1-8(10(13)14)9(2)11(12(15)16)6-4-3-5-7-11/h3-7H2,1-2H3,(H,13,14)/b9-8+. The molecule has 5 nitrogen and oxygen atoms in total. The number of nitrogens with zero attached hydrogens (tertiary/aromatic N) is 1. The number of carboxylic acids is 1. The minimum absolute atomic E-state index is 0.110. The van der Waals surface area contributed by atoms with Gasteiger partial charge in [0, 0.05) is 28.9 Å². The van der Waals surface area contributed by atoms with E-state index in [1.54, 1.807) is 6.92 Å². The van der Waals surface area contributed by atoms with Gasteiger partial charge in [0.15, 0.2) is 0 Å². The highest BCUT2D eigenvalue weighted by atomic mass is 16.6. The largest absolute Gasteiger partial charge is 0.478 e. The van der Waals surface area contributed by atoms with Crippen LogP contribution >= 0.6 is 0 Å². The zero-order valence-corrected chi connectivity index (χ0v) is 9.65. The molecule has 1 aliphatic rings. The summed E-state index contributed by atoms with van der Waals surface area (Å²) in [6.07, 6.45) is 3.50. The Morgan fingerprint density at radius 2 is 1.75 bits per heavy atom. The van der Waals surface area contributed by atoms with Crippen molar-refractivity contribution >= 4 is 5.97 Å². The van der Waals surface area contributed by atoms with Gasteiger partial charge in [-0.25, -0.2) is 4.79 Å². The van der Waals surface area contributed by atoms with E-state index >= 15 is 0 Å². The van der Waals surface area contributed by atoms with E-state index in [2.05, 4.69) is 0 Å². The average Bonchev–Trinajstić information content (AvgIpc) is 2.27. The van der Waals surface area contributed by atoms with Crippen LogP contribution in [0.15, 0.2) is 11.1 Å². The second kappa shape index (κ2) is 4.63. The summed E-state index contributed by atoms with van der Waals surface area (Å²) in [5.41, 5.74) is -0.621. The predicted octanol–water partition coefficient (Wildman–Crippen LogP) is 2.39. The van der Waals surface area contributed by atoms with Crippen LogP contribution < -0.4 is 0 Å². The molecule has 0 atom stereocenters. The number of carbonyl (C=O) groups is 1. The molecule has 0 saturated heterocycles. The van der Waals surface area contributed by atoms with Crippen molar-refractivity contribution in [3.8, 4) is 0 Å². The number of aliphatic carboxylic acids is 1. The minimum atomic E-state index is -1.14. The van der Waals surface area contributed by atoms with Gasteiger partial charge < -0.3 is 5.11 Å². The zero-order valence-electron chi connectivity index (χ0n) is 9.65. The van der Waals surface area contributed by atoms with E-state index < -0.39 is 11.5 Å². The molecule has 1 fully saturated rings. The number of carboxylic acid groups (broad SMARTS) is 1. The second-order valence-electron chi connectivity index (χ2n) is 4.40. The van der Waals surface area contributed by atoms with E-state index in [0.717, 1.165) is 19.3 Å². The maximum atomic E-state index is 11.2. The Bertz CT molecular complexity index is 340. The lowest BCUT2D eigenvalue weighted by molar-refractivity contribution is -0.562. The van der Waals surface area contributed by atoms with Gasteiger partial charge in [0.05, 0.1) is 0 Å². The Balaban J connectivity index is 3.16. The van der Waals surface area contributed by atoms with Crippen LogP contribution in [0.5, 0.6) is 0 Å². The maximum absolute atomic E-state index is 11.2. The van der Waals surface area contributed by atoms with E-state index in [-0.39, 0.29) is 10.5 Å². The molecule has 5 heteroatoms. The lowest BCUT2D eigenvalue weighted by Crippen LogP contribution is -2.42. The van der Waals surface area contributed by atoms with Gasteiger partial charge in [0.2, 0.25) is 5.54 Å². The lowest BCUT2D eigenvalue weighted by Gasteiger charge is -2.30. The quantitative estimate of drug-likeness (QED) is 0.456. The first-order chi connectivity index (χ1) is 7.42. The molecule has 0 spiro atoms. The highest BCUT2D eigenvalue weighted by molar-refractivity contribution is 5.87. The smallest absolute Gasteiger partial charge is 0.331 e. The fourth-order valence-electron chi connectivity index (χ4n) is 2.34. The summed E-state index contributed by atoms with van der Waals surface area (Å²) in [5.74, 6) is -1.07. The molecule has 90 valence electrons. The molecule has 0 aliphatic heterocycles. The molecule has 0 radical (unpaired) electrons. The molecule has 1 saturated carbocycles. The third-order valence-electron chi connectivity index (χ3n) is 3.61. The number of rotatable bonds is 3. The second-order valence-corrected chi connectivity index (χ2v) is 4.40. The molecule has 0 aromatic rings. The zero-order chi connectivity index (χ0) is 12.3. The molecule has 0 aromatic heterocycles. The molecule has 0 unspecified atom stereocenters. The number of nitro groups is 1. The highest BCUT2D eigenvalue weighted by Gasteiger charge is 2.46. The Morgan fingerprint density at radius 3 is 2.12 bits per heavy atom. The lowest BCUT2D eigenvalue weighted by atomic mass is 9.76. The first-order valence-corrected chi connectivity index (χ1v) is 5.47. The summed E-state index contributed by atoms with van der Waals surface area (Å²) in [7, 11) is 0. The van der Waals surface area contributed by atoms with Gasteiger partial charge >= 0.3 is 5.97 Å². The van der Waals surface area contributed by atoms with Crippen molar-refractivity contribution in [2.45, 2.75) is 51.5 Å². The van der Waals surface area contributed by atoms with Crippen molar-refractivity contribution in [1.82, 2.24) is 0 Å². The third kappa shape index (κ3) is 2.08. The van der Waals surface area contributed by atoms with Crippen LogP contribution in [0.25, 0.3) is 0 Å². The van der Waals surface area contributed by atoms with Crippen molar-refractivity contribution in [1.29, 1.82) is 0 Å². The summed E-state index contributed by atoms with van der Waals surface area (Å²) in [5, 5.41) is 20.1. The fraction of sp³-hybridized carbons (Fsp3) is 0.727. The molecular weight excluding hydrogens is 210 g/mol. The first-order valence-electron chi connectivity index (χ1n) is 5.47. The Hall–Kier alpha value is -1.39. The van der Waals surface area contributed by atoms with Gasteiger partial charge in [-0.05, 0) is 26.7 Å². The predicted molar refractivity (Wildman–Crippen MR) is 58.8 cm³/mol. The average molecular weight is 227 g/mol. The first kappa shape index (κ1) is 12.7. The molecule has 0 bridgehead atoms. The molecule has 16 heavy (non-hydrogen) atoms. The van der Waals surface area contributed by atoms with E-state index in [0.29, 0.717) is 18.4 Å². The molecule has 0 aromatic carbocycles. The summed E-state index contributed by atoms with van der Waals surface area (Å²) >= 11 is 0. The van der Waals surface area contributed by atoms with E-state index in [4.69, 9.17) is 5.11 Å². The highest BCUT2D eigenvalue weighted by Crippen LogP contribution is 2.38. The summed E-state index contributed by atoms with van der Waals surface area (Å²) in [6.45, 7) is 3.02. The van der Waals surface area contributed by atoms with Crippen LogP contribution in [0.1, 0.15) is 46.0 Å². The summed E-state index contributed by atoms with van der Waals surface area (Å²) in [6, 6.07) is 0. The van der Waals surface area contributed by atoms with Crippen LogP contribution in [0.2, 0.25) is 0 Å². The molecule has 1 N–H and O–H groups in total. The SMILES string of the molecule is C/C(C(=O)O)=C(/C)C1([N+](=O)[O-])CCCCC1. The van der Waals surface area contributed by atoms with Crippen molar-refractivity contribution < 1.29 is 14.8 Å². The third-order valence-corrected chi connectivity index (χ3v) is 3.61. The van der Waals surface area contributed by atoms with Gasteiger partial charge in [-0.2, -0.15) is 0 Å². The van der Waals surface area contributed by atoms with Gasteiger partial charge in [-0.15, -0.1) is 0 Å². The van der Waals surface area contributed by atoms with Gasteiger partial charge in [-0.1, -0.05) is 6.42 Å². The van der Waals surface area contributed by atoms with Crippen molar-refractivity contribution in [2.75, 3.05) is 0 Å². The Kier molecular flexibility index (Phi) is 3.67. The van der Waals surface area contributed by atoms with Gasteiger partial charge in [0.25, 0.3) is 0 Å². The Labute approximate surface area is 94.3 Å². The van der Waals surface area contributed by atoms with Gasteiger partial charge in [0.1, 0.15) is 0 Å². The molecule has 1 aliphatic carbocycles. The molecule has 1 rings (SSSR count). The molecule has 0 amide bonds. The van der Waals surface area contributed by atoms with Crippen molar-refractivity contribution in [3.05, 3.63) is 21.3 Å². The van der Waals surface area contributed by atoms with Crippen molar-refractivity contribution in [3.63, 3.8) is 0 Å². The normalized spacial score (nSPS) is 21.1. The van der Waals surface area contributed by atoms with E-state index in [9.17, 15) is 14.9 Å². The van der Waals surface area contributed by atoms with Crippen LogP contribution in [-0.2, 0) is 4.79 Å². The van der Waals surface area contributed by atoms with E-state index in [1.807, 2.05) is 0 Å². The van der Waals surface area contributed by atoms with E-state index in [1.165, 1.54) is 6.92 Å². The van der Waals surface area contributed by atoms with Crippen LogP contribution in [0.3, 0.4) is 0 Å². The van der Waals surface area contributed by atoms with Crippen molar-refractivity contribution in [2.24, 2.45) is 0 Å².